The van der Waals surface area contributed by atoms with Gasteiger partial charge in [-0.2, -0.15) is 0 Å². The number of carbonyl (C=O) groups is 1. The van der Waals surface area contributed by atoms with Crippen LogP contribution in [-0.4, -0.2) is 35.2 Å². The van der Waals surface area contributed by atoms with Crippen molar-refractivity contribution in [1.29, 1.82) is 0 Å². The monoisotopic (exact) mass is 515 g/mol. The molecule has 0 unspecified atom stereocenters. The maximum Gasteiger partial charge on any atom is 0.411 e. The van der Waals surface area contributed by atoms with Crippen molar-refractivity contribution in [2.24, 2.45) is 0 Å². The zero-order valence-electron chi connectivity index (χ0n) is 23.4. The van der Waals surface area contributed by atoms with Gasteiger partial charge in [0.05, 0.1) is 6.04 Å². The highest BCUT2D eigenvalue weighted by molar-refractivity contribution is 5.86. The molecule has 1 aliphatic heterocycles. The SMILES string of the molecule is CC1OC(CCc2ccc([C@@H]3CC[C@H](N(C(=O)OC(C)(C)C)[C@H](C)c4cccc5ccccc45)C3)cc2)O1. The van der Waals surface area contributed by atoms with Crippen molar-refractivity contribution in [3.05, 3.63) is 83.4 Å². The van der Waals surface area contributed by atoms with Crippen molar-refractivity contribution in [3.63, 3.8) is 0 Å². The molecular formula is C33H41NO4. The van der Waals surface area contributed by atoms with Crippen molar-refractivity contribution < 1.29 is 19.0 Å². The predicted octanol–water partition coefficient (Wildman–Crippen LogP) is 8.13. The Labute approximate surface area is 227 Å². The summed E-state index contributed by atoms with van der Waals surface area (Å²) in [6.07, 6.45) is 4.43. The van der Waals surface area contributed by atoms with Crippen molar-refractivity contribution in [2.45, 2.75) is 103 Å². The van der Waals surface area contributed by atoms with E-state index in [-0.39, 0.29) is 30.8 Å². The van der Waals surface area contributed by atoms with Gasteiger partial charge in [-0.15, -0.1) is 0 Å². The van der Waals surface area contributed by atoms with Gasteiger partial charge in [-0.1, -0.05) is 66.7 Å². The summed E-state index contributed by atoms with van der Waals surface area (Å²) in [7, 11) is 0. The van der Waals surface area contributed by atoms with Crippen LogP contribution in [0.25, 0.3) is 10.8 Å². The molecule has 5 heteroatoms. The van der Waals surface area contributed by atoms with E-state index in [0.29, 0.717) is 5.92 Å². The van der Waals surface area contributed by atoms with Crippen LogP contribution in [0.3, 0.4) is 0 Å². The van der Waals surface area contributed by atoms with Gasteiger partial charge < -0.3 is 14.2 Å². The number of hydrogen-bond acceptors (Lipinski definition) is 4. The Hall–Kier alpha value is -2.89. The second-order valence-electron chi connectivity index (χ2n) is 11.8. The first kappa shape index (κ1) is 26.7. The van der Waals surface area contributed by atoms with Gasteiger partial charge in [0, 0.05) is 12.5 Å². The second-order valence-corrected chi connectivity index (χ2v) is 11.8. The van der Waals surface area contributed by atoms with Crippen LogP contribution in [0.4, 0.5) is 4.79 Å². The van der Waals surface area contributed by atoms with E-state index in [9.17, 15) is 4.79 Å². The summed E-state index contributed by atoms with van der Waals surface area (Å²) < 4.78 is 17.1. The van der Waals surface area contributed by atoms with Crippen LogP contribution >= 0.6 is 0 Å². The minimum Gasteiger partial charge on any atom is -0.444 e. The molecular weight excluding hydrogens is 474 g/mol. The lowest BCUT2D eigenvalue weighted by molar-refractivity contribution is -0.376. The van der Waals surface area contributed by atoms with Crippen LogP contribution in [0.2, 0.25) is 0 Å². The Balaban J connectivity index is 1.32. The molecule has 0 radical (unpaired) electrons. The fourth-order valence-electron chi connectivity index (χ4n) is 6.03. The predicted molar refractivity (Wildman–Crippen MR) is 151 cm³/mol. The molecule has 3 atom stereocenters. The zero-order valence-corrected chi connectivity index (χ0v) is 23.4. The van der Waals surface area contributed by atoms with Crippen molar-refractivity contribution in [3.8, 4) is 0 Å². The van der Waals surface area contributed by atoms with E-state index in [2.05, 4.69) is 73.7 Å². The molecule has 3 aromatic rings. The number of aryl methyl sites for hydroxylation is 1. The summed E-state index contributed by atoms with van der Waals surface area (Å²) in [5.41, 5.74) is 3.27. The third-order valence-corrected chi connectivity index (χ3v) is 7.90. The van der Waals surface area contributed by atoms with Crippen molar-refractivity contribution in [2.75, 3.05) is 0 Å². The Morgan fingerprint density at radius 1 is 1.00 bits per heavy atom. The minimum absolute atomic E-state index is 0.0668. The van der Waals surface area contributed by atoms with Gasteiger partial charge in [0.25, 0.3) is 0 Å². The lowest BCUT2D eigenvalue weighted by Crippen LogP contribution is -2.44. The number of rotatable bonds is 7. The number of benzene rings is 3. The van der Waals surface area contributed by atoms with E-state index in [1.54, 1.807) is 0 Å². The molecule has 38 heavy (non-hydrogen) atoms. The Bertz CT molecular complexity index is 1240. The minimum atomic E-state index is -0.546. The highest BCUT2D eigenvalue weighted by Gasteiger charge is 2.38. The maximum absolute atomic E-state index is 13.6. The molecule has 1 saturated carbocycles. The van der Waals surface area contributed by atoms with Crippen molar-refractivity contribution in [1.82, 2.24) is 4.90 Å². The van der Waals surface area contributed by atoms with Gasteiger partial charge in [-0.25, -0.2) is 4.79 Å². The van der Waals surface area contributed by atoms with Gasteiger partial charge in [0.2, 0.25) is 0 Å². The number of ether oxygens (including phenoxy) is 3. The van der Waals surface area contributed by atoms with E-state index in [4.69, 9.17) is 14.2 Å². The van der Waals surface area contributed by atoms with E-state index < -0.39 is 5.60 Å². The largest absolute Gasteiger partial charge is 0.444 e. The molecule has 0 spiro atoms. The van der Waals surface area contributed by atoms with E-state index in [0.717, 1.165) is 37.7 Å². The molecule has 0 aromatic heterocycles. The summed E-state index contributed by atoms with van der Waals surface area (Å²) in [4.78, 5) is 15.7. The van der Waals surface area contributed by atoms with Crippen LogP contribution in [0.15, 0.2) is 66.7 Å². The fraction of sp³-hybridized carbons (Fsp3) is 0.485. The molecule has 1 heterocycles. The first-order valence-corrected chi connectivity index (χ1v) is 14.1. The van der Waals surface area contributed by atoms with Crippen molar-refractivity contribution >= 4 is 16.9 Å². The number of nitrogens with zero attached hydrogens (tertiary/aromatic N) is 1. The van der Waals surface area contributed by atoms with Crippen LogP contribution < -0.4 is 0 Å². The van der Waals surface area contributed by atoms with Gasteiger partial charge in [-0.3, -0.25) is 4.90 Å². The van der Waals surface area contributed by atoms with Gasteiger partial charge in [-0.05, 0) is 93.7 Å². The summed E-state index contributed by atoms with van der Waals surface area (Å²) in [6, 6.07) is 23.8. The molecule has 1 aliphatic carbocycles. The van der Waals surface area contributed by atoms with Crippen LogP contribution in [-0.2, 0) is 20.6 Å². The molecule has 0 N–H and O–H groups in total. The molecule has 3 aromatic carbocycles. The standard InChI is InChI=1S/C33H41NO4/c1-22(29-12-8-10-26-9-6-7-11-30(26)29)34(32(35)38-33(3,4)5)28-19-18-27(21-28)25-16-13-24(14-17-25)15-20-31-36-23(2)37-31/h6-14,16-17,22-23,27-28,31H,15,18-21H2,1-5H3/t22-,23?,27-,28+,31?/m1/s1. The van der Waals surface area contributed by atoms with Crippen LogP contribution in [0.5, 0.6) is 0 Å². The van der Waals surface area contributed by atoms with Gasteiger partial charge in [0.15, 0.2) is 12.6 Å². The number of hydrogen-bond donors (Lipinski definition) is 0. The second kappa shape index (κ2) is 11.1. The zero-order chi connectivity index (χ0) is 26.9. The summed E-state index contributed by atoms with van der Waals surface area (Å²) in [5, 5.41) is 2.38. The molecule has 1 amide bonds. The van der Waals surface area contributed by atoms with Gasteiger partial charge in [0.1, 0.15) is 5.60 Å². The number of carbonyl (C=O) groups excluding carboxylic acids is 1. The van der Waals surface area contributed by atoms with Gasteiger partial charge >= 0.3 is 6.09 Å². The average molecular weight is 516 g/mol. The third-order valence-electron chi connectivity index (χ3n) is 7.90. The van der Waals surface area contributed by atoms with E-state index >= 15 is 0 Å². The normalized spacial score (nSPS) is 24.1. The molecule has 1 saturated heterocycles. The Morgan fingerprint density at radius 3 is 2.42 bits per heavy atom. The average Bonchev–Trinajstić information content (AvgIpc) is 3.34. The topological polar surface area (TPSA) is 48.0 Å². The molecule has 2 fully saturated rings. The summed E-state index contributed by atoms with van der Waals surface area (Å²) in [5.74, 6) is 0.429. The first-order chi connectivity index (χ1) is 18.2. The summed E-state index contributed by atoms with van der Waals surface area (Å²) in [6.45, 7) is 9.88. The Morgan fingerprint density at radius 2 is 1.71 bits per heavy atom. The molecule has 5 nitrogen and oxygen atoms in total. The highest BCUT2D eigenvalue weighted by Crippen LogP contribution is 2.41. The van der Waals surface area contributed by atoms with E-state index in [1.165, 1.54) is 21.9 Å². The molecule has 202 valence electrons. The first-order valence-electron chi connectivity index (χ1n) is 14.1. The van der Waals surface area contributed by atoms with Crippen LogP contribution in [0, 0.1) is 0 Å². The molecule has 5 rings (SSSR count). The van der Waals surface area contributed by atoms with Crippen LogP contribution in [0.1, 0.15) is 89.0 Å². The third kappa shape index (κ3) is 6.05. The van der Waals surface area contributed by atoms with E-state index in [1.807, 2.05) is 32.6 Å². The molecule has 0 bridgehead atoms. The highest BCUT2D eigenvalue weighted by atomic mass is 16.9. The number of fused-ring (bicyclic) bond motifs is 1. The Kier molecular flexibility index (Phi) is 7.78. The molecule has 2 aliphatic rings. The smallest absolute Gasteiger partial charge is 0.411 e. The number of amides is 1. The lowest BCUT2D eigenvalue weighted by Gasteiger charge is -2.37. The fourth-order valence-corrected chi connectivity index (χ4v) is 6.03. The lowest BCUT2D eigenvalue weighted by atomic mass is 9.94. The quantitative estimate of drug-likeness (QED) is 0.319. The maximum atomic E-state index is 13.6. The summed E-state index contributed by atoms with van der Waals surface area (Å²) >= 11 is 0.